The number of fused-ring (bicyclic) bond motifs is 1. The smallest absolute Gasteiger partial charge is 0.266 e. The number of aliphatic hydroxyl groups excluding tert-OH is 1. The number of nitrogens with zero attached hydrogens (tertiary/aromatic N) is 3. The molecule has 0 saturated heterocycles. The molecular formula is C51H74ClN5O5. The zero-order valence-electron chi connectivity index (χ0n) is 39.8. The van der Waals surface area contributed by atoms with Crippen LogP contribution < -0.4 is 15.4 Å². The molecule has 4 unspecified atom stereocenters. The normalized spacial score (nSPS) is 16.2. The lowest BCUT2D eigenvalue weighted by Gasteiger charge is -2.36. The number of pyridine rings is 1. The first-order chi connectivity index (χ1) is 29.5. The largest absolute Gasteiger partial charge is 0.481 e. The highest BCUT2D eigenvalue weighted by molar-refractivity contribution is 6.36. The summed E-state index contributed by atoms with van der Waals surface area (Å²) in [6.07, 6.45) is 9.62. The van der Waals surface area contributed by atoms with Crippen LogP contribution in [0.25, 0.3) is 22.4 Å². The summed E-state index contributed by atoms with van der Waals surface area (Å²) in [5.41, 5.74) is 7.09. The maximum absolute atomic E-state index is 13.1. The molecule has 340 valence electrons. The lowest BCUT2D eigenvalue weighted by Crippen LogP contribution is -2.50. The van der Waals surface area contributed by atoms with Crippen LogP contribution in [0, 0.1) is 24.7 Å². The fourth-order valence-electron chi connectivity index (χ4n) is 7.99. The van der Waals surface area contributed by atoms with E-state index in [-0.39, 0.29) is 35.5 Å². The first-order valence-electron chi connectivity index (χ1n) is 22.6. The van der Waals surface area contributed by atoms with Gasteiger partial charge in [0.1, 0.15) is 11.4 Å². The molecule has 0 bridgehead atoms. The van der Waals surface area contributed by atoms with Crippen molar-refractivity contribution < 1.29 is 24.2 Å². The number of carbonyl (C=O) groups is 3. The molecule has 3 amide bonds. The van der Waals surface area contributed by atoms with Crippen molar-refractivity contribution in [1.82, 2.24) is 20.1 Å². The summed E-state index contributed by atoms with van der Waals surface area (Å²) in [4.78, 5) is 46.2. The van der Waals surface area contributed by atoms with E-state index in [0.717, 1.165) is 60.1 Å². The Morgan fingerprint density at radius 2 is 1.66 bits per heavy atom. The number of benzene rings is 2. The van der Waals surface area contributed by atoms with Crippen molar-refractivity contribution in [2.24, 2.45) is 17.8 Å². The van der Waals surface area contributed by atoms with Crippen LogP contribution in [0.4, 0.5) is 5.69 Å². The summed E-state index contributed by atoms with van der Waals surface area (Å²) in [6.45, 7) is 25.0. The topological polar surface area (TPSA) is 124 Å². The van der Waals surface area contributed by atoms with E-state index in [1.165, 1.54) is 35.1 Å². The number of likely N-dealkylation sites (N-methyl/N-ethyl adjacent to an activating group) is 1. The van der Waals surface area contributed by atoms with Gasteiger partial charge in [0.25, 0.3) is 11.8 Å². The number of hydrogen-bond acceptors (Lipinski definition) is 7. The molecule has 0 spiro atoms. The van der Waals surface area contributed by atoms with Crippen molar-refractivity contribution in [2.75, 3.05) is 33.1 Å². The number of aliphatic hydroxyl groups is 1. The second-order valence-corrected chi connectivity index (χ2v) is 17.2. The van der Waals surface area contributed by atoms with Gasteiger partial charge in [0.05, 0.1) is 17.8 Å². The van der Waals surface area contributed by atoms with Crippen molar-refractivity contribution >= 4 is 35.0 Å². The molecule has 1 aliphatic heterocycles. The first-order valence-corrected chi connectivity index (χ1v) is 23.0. The van der Waals surface area contributed by atoms with E-state index in [0.29, 0.717) is 40.7 Å². The third kappa shape index (κ3) is 12.1. The van der Waals surface area contributed by atoms with Gasteiger partial charge >= 0.3 is 0 Å². The van der Waals surface area contributed by atoms with Crippen LogP contribution in [-0.2, 0) is 20.8 Å². The second-order valence-electron chi connectivity index (χ2n) is 16.9. The molecule has 0 saturated carbocycles. The Labute approximate surface area is 377 Å². The van der Waals surface area contributed by atoms with Gasteiger partial charge in [0.2, 0.25) is 11.8 Å². The predicted molar refractivity (Wildman–Crippen MR) is 256 cm³/mol. The molecule has 2 heterocycles. The summed E-state index contributed by atoms with van der Waals surface area (Å²) in [6, 6.07) is 13.6. The van der Waals surface area contributed by atoms with Gasteiger partial charge in [-0.2, -0.15) is 0 Å². The summed E-state index contributed by atoms with van der Waals surface area (Å²) in [7, 11) is 4.99. The number of anilines is 1. The van der Waals surface area contributed by atoms with Gasteiger partial charge in [0, 0.05) is 60.7 Å². The lowest BCUT2D eigenvalue weighted by molar-refractivity contribution is -0.129. The van der Waals surface area contributed by atoms with Crippen LogP contribution in [0.3, 0.4) is 0 Å². The van der Waals surface area contributed by atoms with Crippen molar-refractivity contribution in [1.29, 1.82) is 0 Å². The van der Waals surface area contributed by atoms with Gasteiger partial charge in [-0.3, -0.25) is 19.3 Å². The number of methoxy groups -OCH3 is 1. The molecule has 11 heteroatoms. The van der Waals surface area contributed by atoms with Crippen molar-refractivity contribution in [3.05, 3.63) is 88.4 Å². The minimum atomic E-state index is -0.491. The van der Waals surface area contributed by atoms with Crippen LogP contribution in [-0.4, -0.2) is 71.0 Å². The predicted octanol–water partition coefficient (Wildman–Crippen LogP) is 11.3. The van der Waals surface area contributed by atoms with Crippen molar-refractivity contribution in [3.63, 3.8) is 0 Å². The Morgan fingerprint density at radius 1 is 1.03 bits per heavy atom. The number of aryl methyl sites for hydroxylation is 1. The molecule has 10 nitrogen and oxygen atoms in total. The van der Waals surface area contributed by atoms with Crippen LogP contribution in [0.2, 0.25) is 5.02 Å². The van der Waals surface area contributed by atoms with Crippen molar-refractivity contribution in [3.8, 4) is 28.3 Å². The Bertz CT molecular complexity index is 2060. The van der Waals surface area contributed by atoms with Gasteiger partial charge in [-0.1, -0.05) is 117 Å². The molecule has 4 atom stereocenters. The quantitative estimate of drug-likeness (QED) is 0.122. The molecule has 2 aliphatic rings. The standard InChI is InChI=1S/C31H31ClN4O3.C18H37NO2.C2H6/c1-17-13-14-20-15-26(34-30(39-6)27(17)20)23-11-7-10-22(28(23)32)21-9-8-12-25(18(21)2)33-29(37)24-16-35(4)19(3)36(5)31(24)38;1-7-14(4)10-12-18(8-2,9-3)19-17(21)16(6)15(5)11-13-20;1-2/h7-12,15-17H,3,13-14H2,1-2,4-6H3,(H,33,37);14-16,20H,7-13H2,1-6H3,(H,19,21);1-2H3. The highest BCUT2D eigenvalue weighted by Crippen LogP contribution is 2.43. The number of carbonyl (C=O) groups excluding carboxylic acids is 3. The number of halogens is 1. The third-order valence-corrected chi connectivity index (χ3v) is 13.5. The SMILES string of the molecule is C=C1N(C)C=C(C(=O)Nc2cccc(-c3cccc(-c4cc5c(c(OC)n4)C(C)CC5)c3Cl)c2C)C(=O)N1C.CC.CCC(C)CCC(CC)(CC)NC(=O)C(C)C(C)CCO. The van der Waals surface area contributed by atoms with E-state index in [4.69, 9.17) is 26.4 Å². The van der Waals surface area contributed by atoms with E-state index in [9.17, 15) is 14.4 Å². The van der Waals surface area contributed by atoms with Crippen molar-refractivity contribution in [2.45, 2.75) is 132 Å². The molecule has 1 aliphatic carbocycles. The lowest BCUT2D eigenvalue weighted by atomic mass is 9.83. The molecule has 1 aromatic heterocycles. The van der Waals surface area contributed by atoms with Crippen LogP contribution in [0.15, 0.2) is 66.6 Å². The van der Waals surface area contributed by atoms with Gasteiger partial charge in [0.15, 0.2) is 0 Å². The van der Waals surface area contributed by atoms with Gasteiger partial charge in [-0.25, -0.2) is 4.98 Å². The first kappa shape index (κ1) is 51.7. The van der Waals surface area contributed by atoms with Gasteiger partial charge in [-0.15, -0.1) is 0 Å². The van der Waals surface area contributed by atoms with Crippen LogP contribution in [0.5, 0.6) is 5.88 Å². The summed E-state index contributed by atoms with van der Waals surface area (Å²) >= 11 is 7.03. The summed E-state index contributed by atoms with van der Waals surface area (Å²) < 4.78 is 5.66. The number of aromatic nitrogens is 1. The highest BCUT2D eigenvalue weighted by atomic mass is 35.5. The number of rotatable bonds is 16. The highest BCUT2D eigenvalue weighted by Gasteiger charge is 2.32. The molecule has 0 radical (unpaired) electrons. The Hall–Kier alpha value is -4.67. The number of ether oxygens (including phenoxy) is 1. The fourth-order valence-corrected chi connectivity index (χ4v) is 8.31. The van der Waals surface area contributed by atoms with E-state index in [2.05, 4.69) is 57.9 Å². The minimum Gasteiger partial charge on any atom is -0.481 e. The Morgan fingerprint density at radius 3 is 2.27 bits per heavy atom. The minimum absolute atomic E-state index is 0.0307. The van der Waals surface area contributed by atoms with Crippen LogP contribution in [0.1, 0.15) is 130 Å². The zero-order valence-corrected chi connectivity index (χ0v) is 40.6. The van der Waals surface area contributed by atoms with E-state index < -0.39 is 11.8 Å². The molecular weight excluding hydrogens is 798 g/mol. The monoisotopic (exact) mass is 872 g/mol. The molecule has 5 rings (SSSR count). The summed E-state index contributed by atoms with van der Waals surface area (Å²) in [5, 5.41) is 15.8. The Balaban J connectivity index is 0.000000380. The third-order valence-electron chi connectivity index (χ3n) is 13.1. The molecule has 2 aromatic carbocycles. The van der Waals surface area contributed by atoms with E-state index >= 15 is 0 Å². The van der Waals surface area contributed by atoms with Gasteiger partial charge in [-0.05, 0) is 98.4 Å². The molecule has 3 aromatic rings. The van der Waals surface area contributed by atoms with Crippen LogP contribution >= 0.6 is 11.6 Å². The molecule has 3 N–H and O–H groups in total. The Kier molecular flexibility index (Phi) is 19.7. The van der Waals surface area contributed by atoms with Gasteiger partial charge < -0.3 is 25.4 Å². The molecule has 0 fully saturated rings. The van der Waals surface area contributed by atoms with E-state index in [1.807, 2.05) is 71.0 Å². The maximum Gasteiger partial charge on any atom is 0.266 e. The summed E-state index contributed by atoms with van der Waals surface area (Å²) in [5.74, 6) is 1.69. The number of nitrogens with one attached hydrogen (secondary N) is 2. The maximum atomic E-state index is 13.1. The average molecular weight is 873 g/mol. The van der Waals surface area contributed by atoms with E-state index in [1.54, 1.807) is 26.1 Å². The molecule has 62 heavy (non-hydrogen) atoms. The number of amides is 3. The fraction of sp³-hybridized carbons (Fsp3) is 0.529. The second kappa shape index (κ2) is 23.7. The number of hydrogen-bond donors (Lipinski definition) is 3. The average Bonchev–Trinajstić information content (AvgIpc) is 3.66. The zero-order chi connectivity index (χ0) is 46.5.